The van der Waals surface area contributed by atoms with Gasteiger partial charge < -0.3 is 92.9 Å². The van der Waals surface area contributed by atoms with Crippen molar-refractivity contribution in [1.29, 1.82) is 0 Å². The molecule has 0 amide bonds. The third-order valence-electron chi connectivity index (χ3n) is 23.1. The van der Waals surface area contributed by atoms with Gasteiger partial charge >= 0.3 is 23.7 Å². The molecule has 7 unspecified atom stereocenters. The first-order valence-electron chi connectivity index (χ1n) is 42.9. The predicted molar refractivity (Wildman–Crippen MR) is 501 cm³/mol. The Balaban J connectivity index is 0.000000181. The van der Waals surface area contributed by atoms with Gasteiger partial charge in [-0.1, -0.05) is 137 Å². The molecule has 58 heteroatoms. The van der Waals surface area contributed by atoms with E-state index in [2.05, 4.69) is 70.0 Å². The first-order valence-corrected chi connectivity index (χ1v) is 50.0. The van der Waals surface area contributed by atoms with Gasteiger partial charge in [-0.2, -0.15) is 19.9 Å². The number of anilines is 4. The smallest absolute Gasteiger partial charge is 0.395 e. The molecule has 138 heavy (non-hydrogen) atoms. The maximum absolute atomic E-state index is 13.8. The quantitative estimate of drug-likeness (QED) is 0.0193. The molecule has 0 spiro atoms. The van der Waals surface area contributed by atoms with E-state index in [1.807, 2.05) is 102 Å². The molecule has 756 valence electrons. The Morgan fingerprint density at radius 3 is 1.09 bits per heavy atom. The number of H-pyrrole nitrogens is 4. The Morgan fingerprint density at radius 2 is 0.783 bits per heavy atom. The van der Waals surface area contributed by atoms with Gasteiger partial charge in [0.25, 0.3) is 22.2 Å². The number of carbonyl (C=O) groups is 3. The molecule has 0 radical (unpaired) electrons. The summed E-state index contributed by atoms with van der Waals surface area (Å²) in [6, 6.07) is 18.3. The lowest BCUT2D eigenvalue weighted by Gasteiger charge is -2.28. The van der Waals surface area contributed by atoms with Crippen molar-refractivity contribution in [2.75, 3.05) is 93.0 Å². The number of ether oxygens (including phenoxy) is 4. The lowest BCUT2D eigenvalue weighted by atomic mass is 9.92. The molecule has 4 saturated heterocycles. The van der Waals surface area contributed by atoms with Crippen molar-refractivity contribution >= 4 is 143 Å². The summed E-state index contributed by atoms with van der Waals surface area (Å²) in [7, 11) is -10.6. The fourth-order valence-corrected chi connectivity index (χ4v) is 19.7. The van der Waals surface area contributed by atoms with Crippen molar-refractivity contribution in [3.63, 3.8) is 0 Å². The SMILES string of the molecule is CC(C)(CO)C(=O)SCCOP(=O)(NCc1ccccc1)OC[C@H]1O[C@@H](n2cnc3c(=O)[nH]c(N)nc32)C(O)[C@]1(C)O.CCC(C)(C)C(=O)SCCOP(=O)(NCc1ccccc1)OC[C@H]1O[C@@H](n2cnc3c(=O)[nH]c(N)nc32)C(O)[C@]1(C)O.CCC(C)(C)C(=O)SCCO[P+](=O)OC[C@H]1O[C@@H](n2cnc3c(=O)[nH]c(N)nc32)C(O)[C@]1(C)O.Nc1nc2c(ncn2[C@@H]2O[C@H](CO)[C@H](O)C2O)c(=O)[nH]1. The van der Waals surface area contributed by atoms with Crippen molar-refractivity contribution in [2.24, 2.45) is 16.2 Å². The second kappa shape index (κ2) is 45.8. The second-order valence-electron chi connectivity index (χ2n) is 34.6. The Kier molecular flexibility index (Phi) is 36.2. The Labute approximate surface area is 798 Å². The average molecular weight is 2050 g/mol. The number of thioether (sulfide) groups is 3. The van der Waals surface area contributed by atoms with Crippen molar-refractivity contribution in [3.05, 3.63) is 139 Å². The van der Waals surface area contributed by atoms with E-state index in [-0.39, 0.29) is 141 Å². The molecule has 4 fully saturated rings. The number of aromatic nitrogens is 16. The molecule has 14 rings (SSSR count). The van der Waals surface area contributed by atoms with E-state index in [0.717, 1.165) is 46.4 Å². The molecule has 10 aromatic rings. The number of imidazole rings is 4. The van der Waals surface area contributed by atoms with E-state index in [4.69, 9.17) is 74.1 Å². The van der Waals surface area contributed by atoms with Crippen LogP contribution >= 0.6 is 59.0 Å². The highest BCUT2D eigenvalue weighted by Crippen LogP contribution is 2.50. The molecule has 19 atom stereocenters. The summed E-state index contributed by atoms with van der Waals surface area (Å²) in [5, 5.41) is 109. The molecule has 4 aliphatic rings. The molecule has 0 saturated carbocycles. The van der Waals surface area contributed by atoms with Crippen molar-refractivity contribution in [1.82, 2.24) is 88.3 Å². The number of benzene rings is 2. The third-order valence-corrected chi connectivity index (χ3v) is 30.6. The number of nitrogens with zero attached hydrogens (tertiary/aromatic N) is 12. The first-order chi connectivity index (χ1) is 64.9. The van der Waals surface area contributed by atoms with Crippen LogP contribution in [-0.2, 0) is 87.3 Å². The van der Waals surface area contributed by atoms with Crippen LogP contribution < -0.4 is 55.3 Å². The summed E-state index contributed by atoms with van der Waals surface area (Å²) in [5.41, 5.74) is 14.6. The van der Waals surface area contributed by atoms with E-state index in [1.54, 1.807) is 13.8 Å². The maximum Gasteiger partial charge on any atom is 0.697 e. The molecule has 2 aromatic carbocycles. The van der Waals surface area contributed by atoms with Gasteiger partial charge in [-0.3, -0.25) is 89.9 Å². The minimum absolute atomic E-state index is 0.00212. The second-order valence-corrected chi connectivity index (χ2v) is 42.4. The highest BCUT2D eigenvalue weighted by atomic mass is 32.2. The fourth-order valence-electron chi connectivity index (χ4n) is 13.6. The average Bonchev–Trinajstić information content (AvgIpc) is 1.59. The van der Waals surface area contributed by atoms with Crippen LogP contribution in [-0.4, -0.2) is 286 Å². The highest BCUT2D eigenvalue weighted by molar-refractivity contribution is 8.14. The van der Waals surface area contributed by atoms with E-state index in [1.165, 1.54) is 64.3 Å². The Bertz CT molecular complexity index is 6040. The summed E-state index contributed by atoms with van der Waals surface area (Å²) >= 11 is 3.13. The molecule has 24 N–H and O–H groups in total. The first kappa shape index (κ1) is 109. The summed E-state index contributed by atoms with van der Waals surface area (Å²) in [6.45, 7) is 16.7. The van der Waals surface area contributed by atoms with Gasteiger partial charge in [0.05, 0.1) is 70.4 Å². The lowest BCUT2D eigenvalue weighted by Crippen LogP contribution is -2.46. The van der Waals surface area contributed by atoms with Crippen LogP contribution in [0.3, 0.4) is 0 Å². The zero-order valence-electron chi connectivity index (χ0n) is 76.6. The molecule has 52 nitrogen and oxygen atoms in total. The summed E-state index contributed by atoms with van der Waals surface area (Å²) in [5.74, 6) is 0.133. The number of hydrogen-bond donors (Lipinski definition) is 20. The summed E-state index contributed by atoms with van der Waals surface area (Å²) in [4.78, 5) is 126. The van der Waals surface area contributed by atoms with Gasteiger partial charge in [0, 0.05) is 45.7 Å². The van der Waals surface area contributed by atoms with E-state index >= 15 is 0 Å². The molecule has 0 bridgehead atoms. The summed E-state index contributed by atoms with van der Waals surface area (Å²) in [6.07, 6.45) is -9.68. The normalized spacial score (nSPS) is 25.4. The highest BCUT2D eigenvalue weighted by Gasteiger charge is 2.58. The number of fused-ring (bicyclic) bond motifs is 4. The molecule has 12 heterocycles. The lowest BCUT2D eigenvalue weighted by molar-refractivity contribution is -0.120. The zero-order chi connectivity index (χ0) is 101. The molecule has 0 aliphatic carbocycles. The zero-order valence-corrected chi connectivity index (χ0v) is 81.7. The van der Waals surface area contributed by atoms with Gasteiger partial charge in [0.2, 0.25) is 23.8 Å². The van der Waals surface area contributed by atoms with Crippen molar-refractivity contribution in [3.8, 4) is 0 Å². The van der Waals surface area contributed by atoms with Crippen LogP contribution in [0.1, 0.15) is 125 Å². The molecule has 4 aliphatic heterocycles. The standard InChI is InChI=1S/C26H37N6O8PS.C25H35N6O9PS.C19H28N5O8PS.C10H13N5O5/c1-5-25(2,3)23(35)42-12-11-38-41(37,29-13-16-9-7-6-8-10-16)39-14-17-26(4,36)19(33)22(40-17)32-15-28-18-20(32)30-24(27)31-21(18)34;1-24(2,13-32)22(35)42-10-9-38-41(37,28-11-15-7-5-4-6-8-15)39-12-16-25(3,36)18(33)21(40-16)31-14-27-17-19(31)29-23(26)30-20(17)34;1-5-18(2,3)16(27)34-7-6-30-33(29)31-8-10-19(4,28)12(25)15(32-10)24-9-21-11-13(24)22-17(20)23-14(11)26;11-10-13-7-4(8(19)14-10)12-2-15(7)9-6(18)5(17)3(1-16)20-9/h6-10,15,17,19,22,33,36H,5,11-14H2,1-4H3,(H,29,37)(H3,27,30,31,34);4-8,14,16,18,21,32-33,36H,9-13H2,1-3H3,(H,28,37)(H3,26,29,30,34);9-10,12,15,25,28H,5-8H2,1-4H3,(H2-,20,22,23,26);2-3,5-6,9,16-18H,1H2,(H3,11,13,14,19)/p+1/t17-,19?,22-,26-,41?;16-,18?,21-,25-,41?;10-,12?,15-,19-;3-,5+,6?,9-/m1111/s1. The van der Waals surface area contributed by atoms with Crippen LogP contribution in [0.5, 0.6) is 0 Å². The molecular formula is C80H114N22O30P3S3+. The van der Waals surface area contributed by atoms with Gasteiger partial charge in [0.1, 0.15) is 85.0 Å². The van der Waals surface area contributed by atoms with Gasteiger partial charge in [-0.25, -0.2) is 39.2 Å². The van der Waals surface area contributed by atoms with E-state index in [9.17, 15) is 93.2 Å². The number of nitrogen functional groups attached to an aromatic ring is 4. The maximum atomic E-state index is 13.8. The number of aromatic amines is 4. The van der Waals surface area contributed by atoms with Gasteiger partial charge in [0.15, 0.2) is 84.9 Å². The topological polar surface area (TPSA) is 779 Å². The number of aliphatic hydroxyl groups excluding tert-OH is 7. The predicted octanol–water partition coefficient (Wildman–Crippen LogP) is 1.67. The van der Waals surface area contributed by atoms with Crippen LogP contribution in [0.2, 0.25) is 0 Å². The van der Waals surface area contributed by atoms with Crippen LogP contribution in [0.25, 0.3) is 44.7 Å². The minimum Gasteiger partial charge on any atom is -0.395 e. The van der Waals surface area contributed by atoms with Crippen molar-refractivity contribution in [2.45, 2.75) is 199 Å². The monoisotopic (exact) mass is 2050 g/mol. The van der Waals surface area contributed by atoms with E-state index in [0.29, 0.717) is 18.6 Å². The minimum atomic E-state index is -4.04. The van der Waals surface area contributed by atoms with Crippen LogP contribution in [0, 0.1) is 16.2 Å². The number of nitrogens with one attached hydrogen (secondary N) is 6. The Hall–Kier alpha value is -9.22. The number of carbonyl (C=O) groups excluding carboxylic acids is 3. The largest absolute Gasteiger partial charge is 0.697 e. The number of hydrogen-bond acceptors (Lipinski definition) is 45. The van der Waals surface area contributed by atoms with Crippen LogP contribution in [0.15, 0.2) is 105 Å². The third kappa shape index (κ3) is 25.6. The molecule has 8 aromatic heterocycles. The van der Waals surface area contributed by atoms with Crippen molar-refractivity contribution < 1.29 is 125 Å². The van der Waals surface area contributed by atoms with E-state index < -0.39 is 179 Å². The van der Waals surface area contributed by atoms with Crippen LogP contribution in [0.4, 0.5) is 23.8 Å². The number of nitrogens with two attached hydrogens (primary N) is 4. The number of rotatable bonds is 38. The van der Waals surface area contributed by atoms with Gasteiger partial charge in [-0.15, -0.1) is 9.05 Å². The fraction of sp³-hybridized carbons (Fsp3) is 0.562. The molecular weight excluding hydrogens is 1940 g/mol. The van der Waals surface area contributed by atoms with Gasteiger partial charge in [-0.05, 0) is 58.6 Å². The Morgan fingerprint density at radius 1 is 0.471 bits per heavy atom. The number of aliphatic hydroxyl groups is 10. The summed E-state index contributed by atoms with van der Waals surface area (Å²) < 4.78 is 101.